The number of carbonyl (C=O) groups is 2. The SMILES string of the molecule is CC(NC1CCC(C(N)=O)CC1)C(=O)NC(C)(C)C. The molecule has 2 amide bonds. The summed E-state index contributed by atoms with van der Waals surface area (Å²) >= 11 is 0. The second-order valence-electron chi connectivity index (χ2n) is 6.58. The van der Waals surface area contributed by atoms with Crippen LogP contribution in [-0.4, -0.2) is 29.4 Å². The van der Waals surface area contributed by atoms with Crippen LogP contribution in [0.4, 0.5) is 0 Å². The monoisotopic (exact) mass is 269 g/mol. The molecule has 4 N–H and O–H groups in total. The van der Waals surface area contributed by atoms with Gasteiger partial charge in [0.2, 0.25) is 11.8 Å². The van der Waals surface area contributed by atoms with Crippen LogP contribution in [0.1, 0.15) is 53.4 Å². The molecule has 0 spiro atoms. The topological polar surface area (TPSA) is 84.2 Å². The summed E-state index contributed by atoms with van der Waals surface area (Å²) < 4.78 is 0. The lowest BCUT2D eigenvalue weighted by molar-refractivity contribution is -0.125. The van der Waals surface area contributed by atoms with Gasteiger partial charge in [-0.3, -0.25) is 9.59 Å². The maximum atomic E-state index is 12.0. The molecule has 110 valence electrons. The fraction of sp³-hybridized carbons (Fsp3) is 0.857. The number of nitrogens with one attached hydrogen (secondary N) is 2. The van der Waals surface area contributed by atoms with Crippen molar-refractivity contribution in [1.82, 2.24) is 10.6 Å². The highest BCUT2D eigenvalue weighted by Crippen LogP contribution is 2.24. The number of primary amides is 1. The zero-order valence-corrected chi connectivity index (χ0v) is 12.5. The molecule has 0 heterocycles. The van der Waals surface area contributed by atoms with Crippen LogP contribution in [0.2, 0.25) is 0 Å². The first-order valence-corrected chi connectivity index (χ1v) is 7.06. The Morgan fingerprint density at radius 1 is 1.16 bits per heavy atom. The van der Waals surface area contributed by atoms with E-state index >= 15 is 0 Å². The molecule has 1 unspecified atom stereocenters. The van der Waals surface area contributed by atoms with Crippen molar-refractivity contribution in [3.05, 3.63) is 0 Å². The Morgan fingerprint density at radius 3 is 2.11 bits per heavy atom. The molecular formula is C14H27N3O2. The molecule has 1 aliphatic carbocycles. The first kappa shape index (κ1) is 16.0. The van der Waals surface area contributed by atoms with Gasteiger partial charge in [0.1, 0.15) is 0 Å². The van der Waals surface area contributed by atoms with E-state index in [1.807, 2.05) is 27.7 Å². The standard InChI is InChI=1S/C14H27N3O2/c1-9(13(19)17-14(2,3)4)16-11-7-5-10(6-8-11)12(15)18/h9-11,16H,5-8H2,1-4H3,(H2,15,18)(H,17,19). The maximum Gasteiger partial charge on any atom is 0.237 e. The van der Waals surface area contributed by atoms with Gasteiger partial charge in [0.25, 0.3) is 0 Å². The molecule has 0 aromatic heterocycles. The van der Waals surface area contributed by atoms with Crippen LogP contribution < -0.4 is 16.4 Å². The Kier molecular flexibility index (Phi) is 5.35. The summed E-state index contributed by atoms with van der Waals surface area (Å²) in [4.78, 5) is 23.0. The zero-order chi connectivity index (χ0) is 14.6. The smallest absolute Gasteiger partial charge is 0.237 e. The highest BCUT2D eigenvalue weighted by molar-refractivity contribution is 5.82. The fourth-order valence-corrected chi connectivity index (χ4v) is 2.45. The van der Waals surface area contributed by atoms with Gasteiger partial charge in [-0.2, -0.15) is 0 Å². The summed E-state index contributed by atoms with van der Waals surface area (Å²) in [5.41, 5.74) is 5.10. The van der Waals surface area contributed by atoms with Gasteiger partial charge in [0, 0.05) is 17.5 Å². The van der Waals surface area contributed by atoms with E-state index in [-0.39, 0.29) is 29.3 Å². The van der Waals surface area contributed by atoms with Crippen molar-refractivity contribution in [3.8, 4) is 0 Å². The Labute approximate surface area is 115 Å². The summed E-state index contributed by atoms with van der Waals surface area (Å²) in [7, 11) is 0. The third kappa shape index (κ3) is 5.59. The summed E-state index contributed by atoms with van der Waals surface area (Å²) in [5.74, 6) is -0.168. The molecule has 1 atom stereocenters. The third-order valence-corrected chi connectivity index (χ3v) is 3.51. The number of amides is 2. The lowest BCUT2D eigenvalue weighted by atomic mass is 9.85. The predicted octanol–water partition coefficient (Wildman–Crippen LogP) is 0.923. The average Bonchev–Trinajstić information content (AvgIpc) is 2.27. The van der Waals surface area contributed by atoms with Crippen LogP contribution in [0.15, 0.2) is 0 Å². The molecule has 1 rings (SSSR count). The van der Waals surface area contributed by atoms with Crippen LogP contribution >= 0.6 is 0 Å². The van der Waals surface area contributed by atoms with Gasteiger partial charge in [-0.15, -0.1) is 0 Å². The lowest BCUT2D eigenvalue weighted by Gasteiger charge is -2.30. The van der Waals surface area contributed by atoms with E-state index in [9.17, 15) is 9.59 Å². The van der Waals surface area contributed by atoms with Gasteiger partial charge in [-0.1, -0.05) is 0 Å². The Morgan fingerprint density at radius 2 is 1.68 bits per heavy atom. The predicted molar refractivity (Wildman–Crippen MR) is 75.4 cm³/mol. The van der Waals surface area contributed by atoms with E-state index in [1.165, 1.54) is 0 Å². The molecule has 0 aromatic carbocycles. The second kappa shape index (κ2) is 6.37. The molecule has 1 fully saturated rings. The number of nitrogens with two attached hydrogens (primary N) is 1. The highest BCUT2D eigenvalue weighted by atomic mass is 16.2. The molecule has 0 bridgehead atoms. The van der Waals surface area contributed by atoms with Crippen LogP contribution in [0, 0.1) is 5.92 Å². The molecule has 1 aliphatic rings. The van der Waals surface area contributed by atoms with Crippen molar-refractivity contribution in [1.29, 1.82) is 0 Å². The van der Waals surface area contributed by atoms with Crippen LogP contribution in [0.25, 0.3) is 0 Å². The van der Waals surface area contributed by atoms with E-state index < -0.39 is 0 Å². The van der Waals surface area contributed by atoms with E-state index in [2.05, 4.69) is 10.6 Å². The van der Waals surface area contributed by atoms with Crippen molar-refractivity contribution in [2.24, 2.45) is 11.7 Å². The second-order valence-corrected chi connectivity index (χ2v) is 6.58. The molecule has 19 heavy (non-hydrogen) atoms. The summed E-state index contributed by atoms with van der Waals surface area (Å²) in [5, 5.41) is 6.30. The molecule has 0 aromatic rings. The normalized spacial score (nSPS) is 25.7. The Balaban J connectivity index is 2.36. The van der Waals surface area contributed by atoms with Gasteiger partial charge in [0.05, 0.1) is 6.04 Å². The number of hydrogen-bond donors (Lipinski definition) is 3. The van der Waals surface area contributed by atoms with E-state index in [4.69, 9.17) is 5.73 Å². The van der Waals surface area contributed by atoms with Gasteiger partial charge >= 0.3 is 0 Å². The van der Waals surface area contributed by atoms with Gasteiger partial charge in [-0.05, 0) is 53.4 Å². The van der Waals surface area contributed by atoms with Gasteiger partial charge in [-0.25, -0.2) is 0 Å². The summed E-state index contributed by atoms with van der Waals surface area (Å²) in [6.45, 7) is 7.78. The number of carbonyl (C=O) groups excluding carboxylic acids is 2. The maximum absolute atomic E-state index is 12.0. The van der Waals surface area contributed by atoms with Crippen molar-refractivity contribution >= 4 is 11.8 Å². The third-order valence-electron chi connectivity index (χ3n) is 3.51. The molecule has 0 aliphatic heterocycles. The first-order valence-electron chi connectivity index (χ1n) is 7.06. The summed E-state index contributed by atoms with van der Waals surface area (Å²) in [6, 6.07) is 0.0886. The highest BCUT2D eigenvalue weighted by Gasteiger charge is 2.27. The van der Waals surface area contributed by atoms with Crippen molar-refractivity contribution < 1.29 is 9.59 Å². The quantitative estimate of drug-likeness (QED) is 0.709. The Bertz CT molecular complexity index is 328. The van der Waals surface area contributed by atoms with Crippen LogP contribution in [0.3, 0.4) is 0 Å². The van der Waals surface area contributed by atoms with E-state index in [1.54, 1.807) is 0 Å². The van der Waals surface area contributed by atoms with Crippen LogP contribution in [0.5, 0.6) is 0 Å². The number of rotatable bonds is 4. The molecule has 5 nitrogen and oxygen atoms in total. The Hall–Kier alpha value is -1.10. The largest absolute Gasteiger partial charge is 0.369 e. The van der Waals surface area contributed by atoms with Gasteiger partial charge in [0.15, 0.2) is 0 Å². The van der Waals surface area contributed by atoms with Gasteiger partial charge < -0.3 is 16.4 Å². The summed E-state index contributed by atoms with van der Waals surface area (Å²) in [6.07, 6.45) is 3.45. The van der Waals surface area contributed by atoms with E-state index in [0.29, 0.717) is 6.04 Å². The minimum Gasteiger partial charge on any atom is -0.369 e. The average molecular weight is 269 g/mol. The molecule has 0 saturated heterocycles. The fourth-order valence-electron chi connectivity index (χ4n) is 2.45. The van der Waals surface area contributed by atoms with E-state index in [0.717, 1.165) is 25.7 Å². The lowest BCUT2D eigenvalue weighted by Crippen LogP contribution is -2.52. The van der Waals surface area contributed by atoms with Crippen molar-refractivity contribution in [2.45, 2.75) is 71.0 Å². The minimum atomic E-state index is -0.214. The molecule has 1 saturated carbocycles. The minimum absolute atomic E-state index is 0.0109. The van der Waals surface area contributed by atoms with Crippen LogP contribution in [-0.2, 0) is 9.59 Å². The molecule has 0 radical (unpaired) electrons. The molecular weight excluding hydrogens is 242 g/mol. The number of hydrogen-bond acceptors (Lipinski definition) is 3. The molecule has 5 heteroatoms. The zero-order valence-electron chi connectivity index (χ0n) is 12.5. The van der Waals surface area contributed by atoms with Crippen molar-refractivity contribution in [3.63, 3.8) is 0 Å². The van der Waals surface area contributed by atoms with Crippen molar-refractivity contribution in [2.75, 3.05) is 0 Å². The first-order chi connectivity index (χ1) is 8.69.